The Bertz CT molecular complexity index is 268. The maximum absolute atomic E-state index is 11.1. The molecule has 2 nitrogen and oxygen atoms in total. The standard InChI is InChI=1S/C9H11NOS/c11-9-6-7(3-4-10-9)8-2-1-5-12-8/h1-2,5,7H,3-4,6H2,(H,10,11). The summed E-state index contributed by atoms with van der Waals surface area (Å²) in [6.07, 6.45) is 1.76. The third kappa shape index (κ3) is 1.50. The number of hydrogen-bond acceptors (Lipinski definition) is 2. The molecular formula is C9H11NOS. The summed E-state index contributed by atoms with van der Waals surface area (Å²) in [7, 11) is 0. The smallest absolute Gasteiger partial charge is 0.220 e. The van der Waals surface area contributed by atoms with Crippen molar-refractivity contribution in [3.63, 3.8) is 0 Å². The zero-order valence-corrected chi connectivity index (χ0v) is 7.56. The molecule has 64 valence electrons. The average Bonchev–Trinajstić information content (AvgIpc) is 2.56. The zero-order chi connectivity index (χ0) is 8.39. The second kappa shape index (κ2) is 3.27. The van der Waals surface area contributed by atoms with Gasteiger partial charge in [-0.3, -0.25) is 4.79 Å². The lowest BCUT2D eigenvalue weighted by Crippen LogP contribution is -2.32. The SMILES string of the molecule is O=C1CC(c2cccs2)CCN1. The second-order valence-electron chi connectivity index (χ2n) is 3.06. The molecule has 1 fully saturated rings. The predicted molar refractivity (Wildman–Crippen MR) is 49.3 cm³/mol. The first kappa shape index (κ1) is 7.80. The maximum atomic E-state index is 11.1. The van der Waals surface area contributed by atoms with E-state index in [2.05, 4.69) is 16.8 Å². The predicted octanol–water partition coefficient (Wildman–Crippen LogP) is 1.74. The van der Waals surface area contributed by atoms with E-state index >= 15 is 0 Å². The van der Waals surface area contributed by atoms with Gasteiger partial charge in [-0.05, 0) is 17.9 Å². The summed E-state index contributed by atoms with van der Waals surface area (Å²) < 4.78 is 0. The van der Waals surface area contributed by atoms with Crippen LogP contribution in [0.1, 0.15) is 23.6 Å². The van der Waals surface area contributed by atoms with Gasteiger partial charge < -0.3 is 5.32 Å². The largest absolute Gasteiger partial charge is 0.356 e. The van der Waals surface area contributed by atoms with E-state index in [0.29, 0.717) is 12.3 Å². The summed E-state index contributed by atoms with van der Waals surface area (Å²) in [5.74, 6) is 0.665. The normalized spacial score (nSPS) is 23.7. The third-order valence-corrected chi connectivity index (χ3v) is 3.23. The molecule has 2 rings (SSSR count). The highest BCUT2D eigenvalue weighted by Gasteiger charge is 2.20. The van der Waals surface area contributed by atoms with Gasteiger partial charge in [0, 0.05) is 23.8 Å². The van der Waals surface area contributed by atoms with Crippen molar-refractivity contribution in [2.24, 2.45) is 0 Å². The highest BCUT2D eigenvalue weighted by atomic mass is 32.1. The number of rotatable bonds is 1. The van der Waals surface area contributed by atoms with Crippen molar-refractivity contribution >= 4 is 17.2 Å². The van der Waals surface area contributed by atoms with Gasteiger partial charge in [0.05, 0.1) is 0 Å². The maximum Gasteiger partial charge on any atom is 0.220 e. The van der Waals surface area contributed by atoms with E-state index in [4.69, 9.17) is 0 Å². The van der Waals surface area contributed by atoms with Gasteiger partial charge in [-0.15, -0.1) is 11.3 Å². The van der Waals surface area contributed by atoms with Gasteiger partial charge in [0.1, 0.15) is 0 Å². The monoisotopic (exact) mass is 181 g/mol. The highest BCUT2D eigenvalue weighted by Crippen LogP contribution is 2.28. The fourth-order valence-electron chi connectivity index (χ4n) is 1.55. The van der Waals surface area contributed by atoms with Gasteiger partial charge in [-0.2, -0.15) is 0 Å². The molecule has 1 aliphatic heterocycles. The van der Waals surface area contributed by atoms with Crippen LogP contribution in [0, 0.1) is 0 Å². The first-order chi connectivity index (χ1) is 5.86. The molecule has 0 bridgehead atoms. The van der Waals surface area contributed by atoms with E-state index in [1.165, 1.54) is 4.88 Å². The van der Waals surface area contributed by atoms with Gasteiger partial charge in [0.15, 0.2) is 0 Å². The molecule has 0 aliphatic carbocycles. The van der Waals surface area contributed by atoms with Gasteiger partial charge in [0.25, 0.3) is 0 Å². The van der Waals surface area contributed by atoms with Crippen molar-refractivity contribution < 1.29 is 4.79 Å². The van der Waals surface area contributed by atoms with Crippen LogP contribution in [0.15, 0.2) is 17.5 Å². The molecule has 1 unspecified atom stereocenters. The quantitative estimate of drug-likeness (QED) is 0.702. The van der Waals surface area contributed by atoms with Gasteiger partial charge in [-0.25, -0.2) is 0 Å². The van der Waals surface area contributed by atoms with Crippen LogP contribution in [0.4, 0.5) is 0 Å². The Kier molecular flexibility index (Phi) is 2.13. The summed E-state index contributed by atoms with van der Waals surface area (Å²) in [6, 6.07) is 4.17. The van der Waals surface area contributed by atoms with E-state index in [0.717, 1.165) is 13.0 Å². The molecule has 1 aromatic rings. The second-order valence-corrected chi connectivity index (χ2v) is 4.03. The first-order valence-corrected chi connectivity index (χ1v) is 5.04. The van der Waals surface area contributed by atoms with Crippen LogP contribution in [0.25, 0.3) is 0 Å². The molecule has 0 aromatic carbocycles. The molecule has 0 saturated carbocycles. The molecule has 1 amide bonds. The van der Waals surface area contributed by atoms with E-state index in [9.17, 15) is 4.79 Å². The molecule has 12 heavy (non-hydrogen) atoms. The highest BCUT2D eigenvalue weighted by molar-refractivity contribution is 7.10. The molecule has 1 saturated heterocycles. The Labute approximate surface area is 75.6 Å². The molecule has 0 radical (unpaired) electrons. The Morgan fingerprint density at radius 2 is 2.50 bits per heavy atom. The zero-order valence-electron chi connectivity index (χ0n) is 6.75. The molecule has 3 heteroatoms. The Hall–Kier alpha value is -0.830. The number of carbonyl (C=O) groups is 1. The van der Waals surface area contributed by atoms with Crippen molar-refractivity contribution in [2.45, 2.75) is 18.8 Å². The summed E-state index contributed by atoms with van der Waals surface area (Å²) in [5, 5.41) is 4.91. The summed E-state index contributed by atoms with van der Waals surface area (Å²) >= 11 is 1.75. The lowest BCUT2D eigenvalue weighted by atomic mass is 9.96. The molecule has 1 atom stereocenters. The lowest BCUT2D eigenvalue weighted by molar-refractivity contribution is -0.122. The molecule has 1 N–H and O–H groups in total. The third-order valence-electron chi connectivity index (χ3n) is 2.19. The van der Waals surface area contributed by atoms with Crippen LogP contribution < -0.4 is 5.32 Å². The number of hydrogen-bond donors (Lipinski definition) is 1. The van der Waals surface area contributed by atoms with E-state index in [1.807, 2.05) is 6.07 Å². The van der Waals surface area contributed by atoms with Crippen LogP contribution in [-0.4, -0.2) is 12.5 Å². The van der Waals surface area contributed by atoms with Crippen molar-refractivity contribution in [2.75, 3.05) is 6.54 Å². The van der Waals surface area contributed by atoms with E-state index in [-0.39, 0.29) is 5.91 Å². The van der Waals surface area contributed by atoms with Gasteiger partial charge in [-0.1, -0.05) is 6.07 Å². The Balaban J connectivity index is 2.09. The van der Waals surface area contributed by atoms with Crippen molar-refractivity contribution in [1.82, 2.24) is 5.32 Å². The lowest BCUT2D eigenvalue weighted by Gasteiger charge is -2.20. The van der Waals surface area contributed by atoms with Crippen LogP contribution >= 0.6 is 11.3 Å². The number of nitrogens with one attached hydrogen (secondary N) is 1. The minimum Gasteiger partial charge on any atom is -0.356 e. The minimum atomic E-state index is 0.194. The number of carbonyl (C=O) groups excluding carboxylic acids is 1. The van der Waals surface area contributed by atoms with Crippen molar-refractivity contribution in [1.29, 1.82) is 0 Å². The van der Waals surface area contributed by atoms with Crippen LogP contribution in [-0.2, 0) is 4.79 Å². The summed E-state index contributed by atoms with van der Waals surface area (Å²) in [6.45, 7) is 0.835. The average molecular weight is 181 g/mol. The van der Waals surface area contributed by atoms with Crippen LogP contribution in [0.3, 0.4) is 0 Å². The van der Waals surface area contributed by atoms with Gasteiger partial charge >= 0.3 is 0 Å². The van der Waals surface area contributed by atoms with Crippen molar-refractivity contribution in [3.05, 3.63) is 22.4 Å². The topological polar surface area (TPSA) is 29.1 Å². The minimum absolute atomic E-state index is 0.194. The number of piperidine rings is 1. The number of thiophene rings is 1. The van der Waals surface area contributed by atoms with E-state index < -0.39 is 0 Å². The van der Waals surface area contributed by atoms with Gasteiger partial charge in [0.2, 0.25) is 5.91 Å². The molecule has 2 heterocycles. The Morgan fingerprint density at radius 1 is 1.58 bits per heavy atom. The summed E-state index contributed by atoms with van der Waals surface area (Å²) in [4.78, 5) is 12.4. The van der Waals surface area contributed by atoms with Crippen LogP contribution in [0.2, 0.25) is 0 Å². The van der Waals surface area contributed by atoms with Crippen LogP contribution in [0.5, 0.6) is 0 Å². The molecular weight excluding hydrogens is 170 g/mol. The molecule has 0 spiro atoms. The fourth-order valence-corrected chi connectivity index (χ4v) is 2.42. The molecule has 1 aliphatic rings. The Morgan fingerprint density at radius 3 is 3.17 bits per heavy atom. The number of amides is 1. The summed E-state index contributed by atoms with van der Waals surface area (Å²) in [5.41, 5.74) is 0. The van der Waals surface area contributed by atoms with E-state index in [1.54, 1.807) is 11.3 Å². The van der Waals surface area contributed by atoms with Crippen molar-refractivity contribution in [3.8, 4) is 0 Å². The fraction of sp³-hybridized carbons (Fsp3) is 0.444. The molecule has 1 aromatic heterocycles. The first-order valence-electron chi connectivity index (χ1n) is 4.16.